The average Bonchev–Trinajstić information content (AvgIpc) is 3.40. The molecule has 0 spiro atoms. The van der Waals surface area contributed by atoms with Crippen LogP contribution in [0.2, 0.25) is 0 Å². The van der Waals surface area contributed by atoms with Gasteiger partial charge in [0.2, 0.25) is 0 Å². The van der Waals surface area contributed by atoms with E-state index in [1.54, 1.807) is 0 Å². The zero-order chi connectivity index (χ0) is 21.7. The number of rotatable bonds is 3. The van der Waals surface area contributed by atoms with Gasteiger partial charge < -0.3 is 9.46 Å². The summed E-state index contributed by atoms with van der Waals surface area (Å²) >= 11 is 0. The molecule has 2 aliphatic heterocycles. The van der Waals surface area contributed by atoms with Crippen LogP contribution in [-0.2, 0) is 4.57 Å². The van der Waals surface area contributed by atoms with Gasteiger partial charge in [0.15, 0.2) is 7.14 Å². The number of benzene rings is 4. The Morgan fingerprint density at radius 3 is 2.12 bits per heavy atom. The lowest BCUT2D eigenvalue weighted by Gasteiger charge is -2.19. The first-order valence-corrected chi connectivity index (χ1v) is 12.8. The van der Waals surface area contributed by atoms with Crippen LogP contribution in [0.4, 0.5) is 5.69 Å². The minimum absolute atomic E-state index is 0.900. The molecule has 2 aliphatic rings. The Balaban J connectivity index is 1.45. The van der Waals surface area contributed by atoms with Crippen molar-refractivity contribution in [1.82, 2.24) is 4.90 Å². The second-order valence-electron chi connectivity index (χ2n) is 8.73. The predicted molar refractivity (Wildman–Crippen MR) is 135 cm³/mol. The largest absolute Gasteiger partial charge is 0.357 e. The van der Waals surface area contributed by atoms with E-state index >= 15 is 0 Å². The molecule has 4 heteroatoms. The number of likely N-dealkylation sites (N-methyl/N-ethyl adjacent to an activating group) is 1. The van der Waals surface area contributed by atoms with Crippen LogP contribution in [0.1, 0.15) is 0 Å². The Kier molecular flexibility index (Phi) is 4.57. The molecule has 6 rings (SSSR count). The van der Waals surface area contributed by atoms with E-state index in [9.17, 15) is 4.57 Å². The van der Waals surface area contributed by atoms with Gasteiger partial charge in [-0.05, 0) is 47.5 Å². The highest BCUT2D eigenvalue weighted by atomic mass is 31.2. The molecule has 32 heavy (non-hydrogen) atoms. The summed E-state index contributed by atoms with van der Waals surface area (Å²) in [6.07, 6.45) is 0. The summed E-state index contributed by atoms with van der Waals surface area (Å²) in [5, 5.41) is 2.80. The van der Waals surface area contributed by atoms with Crippen LogP contribution >= 0.6 is 7.14 Å². The van der Waals surface area contributed by atoms with Crippen molar-refractivity contribution in [2.45, 2.75) is 0 Å². The Labute approximate surface area is 189 Å². The van der Waals surface area contributed by atoms with E-state index in [0.29, 0.717) is 0 Å². The van der Waals surface area contributed by atoms with Gasteiger partial charge in [-0.1, -0.05) is 78.9 Å². The van der Waals surface area contributed by atoms with E-state index in [0.717, 1.165) is 57.9 Å². The van der Waals surface area contributed by atoms with Crippen molar-refractivity contribution < 1.29 is 4.57 Å². The molecule has 1 atom stereocenters. The Bertz CT molecular complexity index is 1350. The topological polar surface area (TPSA) is 23.6 Å². The molecule has 1 unspecified atom stereocenters. The van der Waals surface area contributed by atoms with E-state index in [1.165, 1.54) is 5.69 Å². The quantitative estimate of drug-likeness (QED) is 0.384. The zero-order valence-corrected chi connectivity index (χ0v) is 19.0. The van der Waals surface area contributed by atoms with E-state index in [1.807, 2.05) is 48.5 Å². The van der Waals surface area contributed by atoms with Gasteiger partial charge in [0.05, 0.1) is 6.67 Å². The van der Waals surface area contributed by atoms with Crippen molar-refractivity contribution in [2.24, 2.45) is 0 Å². The maximum atomic E-state index is 14.7. The first-order valence-electron chi connectivity index (χ1n) is 11.1. The van der Waals surface area contributed by atoms with Gasteiger partial charge in [-0.2, -0.15) is 0 Å². The van der Waals surface area contributed by atoms with Gasteiger partial charge in [-0.25, -0.2) is 0 Å². The summed E-state index contributed by atoms with van der Waals surface area (Å²) in [7, 11) is -0.742. The monoisotopic (exact) mass is 436 g/mol. The third-order valence-corrected chi connectivity index (χ3v) is 9.86. The Morgan fingerprint density at radius 2 is 1.38 bits per heavy atom. The van der Waals surface area contributed by atoms with Crippen molar-refractivity contribution in [3.05, 3.63) is 97.1 Å². The molecule has 0 saturated carbocycles. The molecule has 4 aromatic carbocycles. The minimum atomic E-state index is -2.90. The third kappa shape index (κ3) is 2.97. The van der Waals surface area contributed by atoms with Crippen LogP contribution in [0.5, 0.6) is 0 Å². The van der Waals surface area contributed by atoms with Gasteiger partial charge in [0.25, 0.3) is 0 Å². The molecule has 1 saturated heterocycles. The van der Waals surface area contributed by atoms with Crippen molar-refractivity contribution in [1.29, 1.82) is 0 Å². The van der Waals surface area contributed by atoms with Crippen molar-refractivity contribution >= 4 is 28.7 Å². The molecule has 0 amide bonds. The van der Waals surface area contributed by atoms with Gasteiger partial charge >= 0.3 is 0 Å². The molecular weight excluding hydrogens is 411 g/mol. The van der Waals surface area contributed by atoms with Gasteiger partial charge in [-0.15, -0.1) is 0 Å². The maximum Gasteiger partial charge on any atom is 0.172 e. The number of hydrogen-bond donors (Lipinski definition) is 0. The summed E-state index contributed by atoms with van der Waals surface area (Å²) in [5.41, 5.74) is 5.70. The molecule has 0 aromatic heterocycles. The number of nitrogens with zero attached hydrogens (tertiary/aromatic N) is 2. The lowest BCUT2D eigenvalue weighted by Crippen LogP contribution is -2.22. The van der Waals surface area contributed by atoms with Crippen LogP contribution in [0.25, 0.3) is 22.3 Å². The fourth-order valence-electron chi connectivity index (χ4n) is 5.02. The Morgan fingerprint density at radius 1 is 0.688 bits per heavy atom. The van der Waals surface area contributed by atoms with Crippen LogP contribution in [-0.4, -0.2) is 31.7 Å². The Hall–Kier alpha value is -3.13. The fraction of sp³-hybridized carbons (Fsp3) is 0.143. The van der Waals surface area contributed by atoms with E-state index in [4.69, 9.17) is 0 Å². The first-order chi connectivity index (χ1) is 15.6. The first kappa shape index (κ1) is 19.5. The molecule has 0 bridgehead atoms. The van der Waals surface area contributed by atoms with Crippen LogP contribution in [0.15, 0.2) is 97.1 Å². The molecule has 4 aromatic rings. The standard InChI is InChI=1S/C28H25N2OP/c1-29-17-18-30(20-29)23-14-11-21(12-15-23)22-13-16-26-25-9-5-6-10-27(25)32(31,28(26)19-22)24-7-3-2-4-8-24/h2-16,19H,17-18,20H2,1H3. The second kappa shape index (κ2) is 7.48. The molecule has 0 aliphatic carbocycles. The van der Waals surface area contributed by atoms with Crippen LogP contribution < -0.4 is 20.8 Å². The SMILES string of the molecule is CN1CCN(c2ccc(-c3ccc4c(c3)P(=O)(c3ccccc3)c3ccccc3-4)cc2)C1. The van der Waals surface area contributed by atoms with Gasteiger partial charge in [0.1, 0.15) is 0 Å². The third-order valence-electron chi connectivity index (χ3n) is 6.72. The summed E-state index contributed by atoms with van der Waals surface area (Å²) in [4.78, 5) is 4.72. The molecule has 0 N–H and O–H groups in total. The number of fused-ring (bicyclic) bond motifs is 3. The van der Waals surface area contributed by atoms with E-state index in [2.05, 4.69) is 65.4 Å². The fourth-order valence-corrected chi connectivity index (χ4v) is 8.11. The number of hydrogen-bond acceptors (Lipinski definition) is 3. The highest BCUT2D eigenvalue weighted by Gasteiger charge is 2.40. The van der Waals surface area contributed by atoms with Crippen molar-refractivity contribution in [3.63, 3.8) is 0 Å². The molecule has 2 heterocycles. The smallest absolute Gasteiger partial charge is 0.172 e. The molecule has 0 radical (unpaired) electrons. The summed E-state index contributed by atoms with van der Waals surface area (Å²) < 4.78 is 14.7. The van der Waals surface area contributed by atoms with Gasteiger partial charge in [0, 0.05) is 34.7 Å². The van der Waals surface area contributed by atoms with E-state index in [-0.39, 0.29) is 0 Å². The van der Waals surface area contributed by atoms with Gasteiger partial charge in [-0.3, -0.25) is 4.90 Å². The second-order valence-corrected chi connectivity index (χ2v) is 11.4. The average molecular weight is 436 g/mol. The van der Waals surface area contributed by atoms with Crippen LogP contribution in [0.3, 0.4) is 0 Å². The van der Waals surface area contributed by atoms with Crippen LogP contribution in [0, 0.1) is 0 Å². The predicted octanol–water partition coefficient (Wildman–Crippen LogP) is 4.68. The van der Waals surface area contributed by atoms with E-state index < -0.39 is 7.14 Å². The summed E-state index contributed by atoms with van der Waals surface area (Å²) in [5.74, 6) is 0. The highest BCUT2D eigenvalue weighted by molar-refractivity contribution is 7.86. The summed E-state index contributed by atoms with van der Waals surface area (Å²) in [6, 6.07) is 33.3. The molecular formula is C28H25N2OP. The minimum Gasteiger partial charge on any atom is -0.357 e. The lowest BCUT2D eigenvalue weighted by molar-refractivity contribution is 0.421. The van der Waals surface area contributed by atoms with Crippen molar-refractivity contribution in [2.75, 3.05) is 31.7 Å². The number of anilines is 1. The molecule has 3 nitrogen and oxygen atoms in total. The summed E-state index contributed by atoms with van der Waals surface area (Å²) in [6.45, 7) is 3.13. The zero-order valence-electron chi connectivity index (χ0n) is 18.1. The van der Waals surface area contributed by atoms with Crippen molar-refractivity contribution in [3.8, 4) is 22.3 Å². The lowest BCUT2D eigenvalue weighted by atomic mass is 10.0. The normalized spacial score (nSPS) is 19.7. The maximum absolute atomic E-state index is 14.7. The highest BCUT2D eigenvalue weighted by Crippen LogP contribution is 2.52. The molecule has 1 fully saturated rings. The molecule has 158 valence electrons.